The van der Waals surface area contributed by atoms with Crippen molar-refractivity contribution in [2.24, 2.45) is 0 Å². The van der Waals surface area contributed by atoms with Gasteiger partial charge in [-0.05, 0) is 31.0 Å². The average Bonchev–Trinajstić information content (AvgIpc) is 2.51. The third kappa shape index (κ3) is 3.72. The Morgan fingerprint density at radius 3 is 2.58 bits per heavy atom. The van der Waals surface area contributed by atoms with Gasteiger partial charge in [-0.2, -0.15) is 5.10 Å². The van der Waals surface area contributed by atoms with Crippen LogP contribution >= 0.6 is 23.2 Å². The maximum Gasteiger partial charge on any atom is 0.293 e. The summed E-state index contributed by atoms with van der Waals surface area (Å²) in [4.78, 5) is 34.5. The summed E-state index contributed by atoms with van der Waals surface area (Å²) in [5.41, 5.74) is 0.582. The zero-order valence-electron chi connectivity index (χ0n) is 12.7. The molecule has 0 spiro atoms. The van der Waals surface area contributed by atoms with E-state index in [2.05, 4.69) is 10.4 Å². The summed E-state index contributed by atoms with van der Waals surface area (Å²) in [5, 5.41) is 17.0. The van der Waals surface area contributed by atoms with Crippen molar-refractivity contribution in [2.75, 3.05) is 5.32 Å². The number of aryl methyl sites for hydroxylation is 2. The lowest BCUT2D eigenvalue weighted by atomic mass is 10.1. The Hall–Kier alpha value is -2.45. The summed E-state index contributed by atoms with van der Waals surface area (Å²) < 4.78 is 0.816. The Morgan fingerprint density at radius 2 is 1.96 bits per heavy atom. The molecule has 1 heterocycles. The fraction of sp³-hybridized carbons (Fsp3) is 0.214. The summed E-state index contributed by atoms with van der Waals surface area (Å²) in [6, 6.07) is 2.87. The van der Waals surface area contributed by atoms with Crippen LogP contribution in [-0.4, -0.2) is 20.6 Å². The fourth-order valence-electron chi connectivity index (χ4n) is 1.94. The second-order valence-electron chi connectivity index (χ2n) is 5.03. The van der Waals surface area contributed by atoms with Gasteiger partial charge in [-0.15, -0.1) is 0 Å². The number of halogens is 2. The number of hydrogen-bond donors (Lipinski definition) is 1. The first-order valence-corrected chi connectivity index (χ1v) is 7.43. The third-order valence-corrected chi connectivity index (χ3v) is 4.07. The number of nitrogens with one attached hydrogen (secondary N) is 1. The van der Waals surface area contributed by atoms with Crippen molar-refractivity contribution in [2.45, 2.75) is 20.4 Å². The molecule has 1 N–H and O–H groups in total. The lowest BCUT2D eigenvalue weighted by molar-refractivity contribution is -0.384. The predicted molar refractivity (Wildman–Crippen MR) is 89.7 cm³/mol. The molecule has 8 nitrogen and oxygen atoms in total. The molecule has 0 saturated heterocycles. The van der Waals surface area contributed by atoms with Gasteiger partial charge >= 0.3 is 0 Å². The quantitative estimate of drug-likeness (QED) is 0.657. The maximum atomic E-state index is 12.1. The second-order valence-corrected chi connectivity index (χ2v) is 5.81. The van der Waals surface area contributed by atoms with E-state index in [1.807, 2.05) is 0 Å². The minimum absolute atomic E-state index is 0.0249. The molecule has 2 rings (SSSR count). The monoisotopic (exact) mass is 370 g/mol. The average molecular weight is 371 g/mol. The lowest BCUT2D eigenvalue weighted by Gasteiger charge is -2.10. The molecule has 0 saturated carbocycles. The Balaban J connectivity index is 2.28. The van der Waals surface area contributed by atoms with Crippen molar-refractivity contribution in [1.29, 1.82) is 0 Å². The van der Waals surface area contributed by atoms with Crippen LogP contribution in [0.3, 0.4) is 0 Å². The van der Waals surface area contributed by atoms with Crippen LogP contribution in [0.15, 0.2) is 23.1 Å². The standard InChI is InChI=1S/C14H12Cl2N4O4/c1-7-3-10(11(20(23)24)4-8(7)2)18-12(21)6-19-14(22)13(16)9(15)5-17-19/h3-5H,6H2,1-2H3,(H,18,21). The second kappa shape index (κ2) is 6.98. The molecule has 126 valence electrons. The SMILES string of the molecule is Cc1cc(NC(=O)Cn2ncc(Cl)c(Cl)c2=O)c([N+](=O)[O-])cc1C. The van der Waals surface area contributed by atoms with Crippen molar-refractivity contribution in [1.82, 2.24) is 9.78 Å². The van der Waals surface area contributed by atoms with Crippen LogP contribution in [0.25, 0.3) is 0 Å². The van der Waals surface area contributed by atoms with Crippen LogP contribution in [0.1, 0.15) is 11.1 Å². The van der Waals surface area contributed by atoms with E-state index in [0.29, 0.717) is 0 Å². The van der Waals surface area contributed by atoms with Crippen molar-refractivity contribution >= 4 is 40.5 Å². The van der Waals surface area contributed by atoms with E-state index < -0.39 is 22.9 Å². The molecule has 0 fully saturated rings. The van der Waals surface area contributed by atoms with Crippen molar-refractivity contribution in [3.8, 4) is 0 Å². The highest BCUT2D eigenvalue weighted by atomic mass is 35.5. The minimum atomic E-state index is -0.728. The number of nitro groups is 1. The number of benzene rings is 1. The molecule has 24 heavy (non-hydrogen) atoms. The van der Waals surface area contributed by atoms with Crippen LogP contribution < -0.4 is 10.9 Å². The Kier molecular flexibility index (Phi) is 5.20. The molecular weight excluding hydrogens is 359 g/mol. The first-order chi connectivity index (χ1) is 11.2. The molecule has 0 unspecified atom stereocenters. The number of amides is 1. The highest BCUT2D eigenvalue weighted by molar-refractivity contribution is 6.41. The highest BCUT2D eigenvalue weighted by Crippen LogP contribution is 2.27. The molecule has 0 atom stereocenters. The molecule has 1 aromatic heterocycles. The number of nitro benzene ring substituents is 1. The summed E-state index contributed by atoms with van der Waals surface area (Å²) in [6.45, 7) is 3.03. The van der Waals surface area contributed by atoms with Crippen molar-refractivity contribution < 1.29 is 9.72 Å². The zero-order valence-corrected chi connectivity index (χ0v) is 14.2. The van der Waals surface area contributed by atoms with Gasteiger partial charge < -0.3 is 5.32 Å². The topological polar surface area (TPSA) is 107 Å². The van der Waals surface area contributed by atoms with Gasteiger partial charge in [0, 0.05) is 6.07 Å². The Morgan fingerprint density at radius 1 is 1.33 bits per heavy atom. The van der Waals surface area contributed by atoms with Gasteiger partial charge in [0.1, 0.15) is 17.3 Å². The molecule has 0 bridgehead atoms. The molecule has 0 aliphatic heterocycles. The van der Waals surface area contributed by atoms with Crippen LogP contribution in [0.5, 0.6) is 0 Å². The van der Waals surface area contributed by atoms with E-state index >= 15 is 0 Å². The maximum absolute atomic E-state index is 12.1. The van der Waals surface area contributed by atoms with E-state index in [1.54, 1.807) is 13.8 Å². The molecule has 0 radical (unpaired) electrons. The highest BCUT2D eigenvalue weighted by Gasteiger charge is 2.18. The van der Waals surface area contributed by atoms with Gasteiger partial charge in [0.25, 0.3) is 11.2 Å². The molecule has 0 aliphatic rings. The van der Waals surface area contributed by atoms with E-state index in [1.165, 1.54) is 12.1 Å². The van der Waals surface area contributed by atoms with Gasteiger partial charge in [0.2, 0.25) is 5.91 Å². The van der Waals surface area contributed by atoms with Gasteiger partial charge in [-0.1, -0.05) is 23.2 Å². The van der Waals surface area contributed by atoms with Crippen molar-refractivity contribution in [3.05, 3.63) is 60.0 Å². The summed E-state index contributed by atoms with van der Waals surface area (Å²) >= 11 is 11.4. The number of carbonyl (C=O) groups excluding carboxylic acids is 1. The first kappa shape index (κ1) is 17.9. The van der Waals surface area contributed by atoms with Gasteiger partial charge in [0.15, 0.2) is 0 Å². The third-order valence-electron chi connectivity index (χ3n) is 3.32. The zero-order chi connectivity index (χ0) is 18.0. The van der Waals surface area contributed by atoms with Gasteiger partial charge in [-0.3, -0.25) is 19.7 Å². The Labute approximate surface area is 146 Å². The van der Waals surface area contributed by atoms with Crippen molar-refractivity contribution in [3.63, 3.8) is 0 Å². The number of carbonyl (C=O) groups is 1. The Bertz CT molecular complexity index is 895. The van der Waals surface area contributed by atoms with E-state index in [4.69, 9.17) is 23.2 Å². The van der Waals surface area contributed by atoms with Crippen LogP contribution in [0, 0.1) is 24.0 Å². The largest absolute Gasteiger partial charge is 0.319 e. The summed E-state index contributed by atoms with van der Waals surface area (Å²) in [6.07, 6.45) is 1.14. The molecule has 0 aliphatic carbocycles. The fourth-order valence-corrected chi connectivity index (χ4v) is 2.21. The number of rotatable bonds is 4. The smallest absolute Gasteiger partial charge is 0.293 e. The minimum Gasteiger partial charge on any atom is -0.319 e. The van der Waals surface area contributed by atoms with Gasteiger partial charge in [-0.25, -0.2) is 4.68 Å². The molecular formula is C14H12Cl2N4O4. The van der Waals surface area contributed by atoms with E-state index in [9.17, 15) is 19.7 Å². The number of nitrogens with zero attached hydrogens (tertiary/aromatic N) is 3. The van der Waals surface area contributed by atoms with E-state index in [-0.39, 0.29) is 21.4 Å². The summed E-state index contributed by atoms with van der Waals surface area (Å²) in [7, 11) is 0. The number of aromatic nitrogens is 2. The van der Waals surface area contributed by atoms with Crippen LogP contribution in [-0.2, 0) is 11.3 Å². The first-order valence-electron chi connectivity index (χ1n) is 6.67. The van der Waals surface area contributed by atoms with E-state index in [0.717, 1.165) is 22.0 Å². The predicted octanol–water partition coefficient (Wildman–Crippen LogP) is 2.71. The molecule has 1 aromatic carbocycles. The van der Waals surface area contributed by atoms with Crippen LogP contribution in [0.2, 0.25) is 10.0 Å². The molecule has 2 aromatic rings. The lowest BCUT2D eigenvalue weighted by Crippen LogP contribution is -2.30. The number of hydrogen-bond acceptors (Lipinski definition) is 5. The summed E-state index contributed by atoms with van der Waals surface area (Å²) in [5.74, 6) is -0.658. The van der Waals surface area contributed by atoms with Gasteiger partial charge in [0.05, 0.1) is 16.1 Å². The number of anilines is 1. The molecule has 10 heteroatoms. The molecule has 1 amide bonds. The normalized spacial score (nSPS) is 10.5. The van der Waals surface area contributed by atoms with Crippen LogP contribution in [0.4, 0.5) is 11.4 Å².